The van der Waals surface area contributed by atoms with E-state index in [-0.39, 0.29) is 5.56 Å². The van der Waals surface area contributed by atoms with Crippen LogP contribution in [0.15, 0.2) is 94.6 Å². The van der Waals surface area contributed by atoms with Crippen LogP contribution in [0.5, 0.6) is 0 Å². The summed E-state index contributed by atoms with van der Waals surface area (Å²) in [6, 6.07) is 28.8. The highest BCUT2D eigenvalue weighted by molar-refractivity contribution is 8.08. The molecule has 0 saturated carbocycles. The van der Waals surface area contributed by atoms with Gasteiger partial charge in [0.25, 0.3) is 10.6 Å². The first kappa shape index (κ1) is 22.5. The van der Waals surface area contributed by atoms with Crippen LogP contribution in [-0.2, 0) is 7.05 Å². The molecule has 1 aliphatic rings. The van der Waals surface area contributed by atoms with E-state index in [2.05, 4.69) is 71.1 Å². The van der Waals surface area contributed by atoms with Gasteiger partial charge < -0.3 is 4.90 Å². The molecule has 0 unspecified atom stereocenters. The maximum atomic E-state index is 14.0. The summed E-state index contributed by atoms with van der Waals surface area (Å²) in [6.45, 7) is 0. The van der Waals surface area contributed by atoms with Crippen molar-refractivity contribution in [3.05, 3.63) is 110 Å². The highest BCUT2D eigenvalue weighted by atomic mass is 32.2. The number of hydrogen-bond donors (Lipinski definition) is 0. The van der Waals surface area contributed by atoms with E-state index in [4.69, 9.17) is 4.98 Å². The maximum absolute atomic E-state index is 14.0. The van der Waals surface area contributed by atoms with Crippen LogP contribution in [0.4, 0.5) is 5.69 Å². The molecule has 5 nitrogen and oxygen atoms in total. The molecule has 3 aromatic carbocycles. The smallest absolute Gasteiger partial charge is 0.277 e. The molecule has 0 saturated heterocycles. The van der Waals surface area contributed by atoms with Gasteiger partial charge in [0.15, 0.2) is 4.96 Å². The molecule has 0 amide bonds. The van der Waals surface area contributed by atoms with Crippen LogP contribution in [0.1, 0.15) is 5.01 Å². The summed E-state index contributed by atoms with van der Waals surface area (Å²) in [7, 11) is 4.09. The summed E-state index contributed by atoms with van der Waals surface area (Å²) in [6.07, 6.45) is 2.11. The van der Waals surface area contributed by atoms with E-state index in [1.54, 1.807) is 27.5 Å². The third-order valence-corrected chi connectivity index (χ3v) is 10.1. The van der Waals surface area contributed by atoms with E-state index in [1.807, 2.05) is 43.4 Å². The number of benzene rings is 3. The number of thioether (sulfide) groups is 1. The van der Waals surface area contributed by atoms with Crippen LogP contribution in [0, 0.1) is 0 Å². The highest BCUT2D eigenvalue weighted by Crippen LogP contribution is 2.45. The Kier molecular flexibility index (Phi) is 5.28. The van der Waals surface area contributed by atoms with Crippen molar-refractivity contribution in [3.8, 4) is 11.3 Å². The number of hydrogen-bond acceptors (Lipinski definition) is 6. The summed E-state index contributed by atoms with van der Waals surface area (Å²) < 4.78 is 5.86. The second-order valence-corrected chi connectivity index (χ2v) is 11.9. The van der Waals surface area contributed by atoms with Crippen LogP contribution in [-0.4, -0.2) is 16.4 Å². The van der Waals surface area contributed by atoms with Gasteiger partial charge in [0.05, 0.1) is 16.7 Å². The number of aryl methyl sites for hydroxylation is 1. The molecule has 37 heavy (non-hydrogen) atoms. The zero-order valence-electron chi connectivity index (χ0n) is 20.1. The lowest BCUT2D eigenvalue weighted by Gasteiger charge is -2.11. The fourth-order valence-electron chi connectivity index (χ4n) is 4.68. The Morgan fingerprint density at radius 3 is 2.49 bits per heavy atom. The average molecular weight is 538 g/mol. The van der Waals surface area contributed by atoms with Crippen LogP contribution < -0.4 is 24.9 Å². The van der Waals surface area contributed by atoms with Crippen molar-refractivity contribution in [1.82, 2.24) is 9.38 Å². The molecule has 0 atom stereocenters. The number of aromatic nitrogens is 3. The van der Waals surface area contributed by atoms with Gasteiger partial charge in [-0.3, -0.25) is 9.20 Å². The fourth-order valence-corrected chi connectivity index (χ4v) is 8.12. The fraction of sp³-hybridized carbons (Fsp3) is 0.0690. The van der Waals surface area contributed by atoms with Gasteiger partial charge >= 0.3 is 0 Å². The van der Waals surface area contributed by atoms with Gasteiger partial charge in [-0.05, 0) is 24.3 Å². The molecular weight excluding hydrogens is 517 g/mol. The molecule has 0 radical (unpaired) electrons. The van der Waals surface area contributed by atoms with Crippen molar-refractivity contribution in [2.75, 3.05) is 11.9 Å². The number of para-hydroxylation sites is 2. The number of thiazole rings is 2. The number of rotatable bonds is 2. The largest absolute Gasteiger partial charge is 0.337 e. The average Bonchev–Trinajstić information content (AvgIpc) is 3.56. The minimum Gasteiger partial charge on any atom is -0.337 e. The van der Waals surface area contributed by atoms with Gasteiger partial charge in [0.2, 0.25) is 5.52 Å². The molecule has 0 spiro atoms. The summed E-state index contributed by atoms with van der Waals surface area (Å²) in [5.41, 5.74) is 4.12. The lowest BCUT2D eigenvalue weighted by Crippen LogP contribution is -2.35. The second-order valence-electron chi connectivity index (χ2n) is 8.83. The molecule has 0 fully saturated rings. The Morgan fingerprint density at radius 1 is 0.919 bits per heavy atom. The van der Waals surface area contributed by atoms with Crippen molar-refractivity contribution in [1.29, 1.82) is 0 Å². The van der Waals surface area contributed by atoms with Crippen molar-refractivity contribution in [3.63, 3.8) is 0 Å². The topological polar surface area (TPSA) is 41.5 Å². The van der Waals surface area contributed by atoms with Gasteiger partial charge in [-0.2, -0.15) is 4.57 Å². The molecule has 6 aromatic rings. The van der Waals surface area contributed by atoms with Gasteiger partial charge in [-0.15, -0.1) is 0 Å². The Morgan fingerprint density at radius 2 is 1.68 bits per heavy atom. The SMILES string of the molecule is CN1C(=c2sc3nc(-c4ccccc4)c/c(=C\c4sc5ccccc5[n+]4C)n3c2=O)Sc2ccccc21. The summed E-state index contributed by atoms with van der Waals surface area (Å²) in [4.78, 5) is 22.9. The van der Waals surface area contributed by atoms with E-state index < -0.39 is 0 Å². The minimum absolute atomic E-state index is 0.0377. The maximum Gasteiger partial charge on any atom is 0.277 e. The van der Waals surface area contributed by atoms with Crippen molar-refractivity contribution < 1.29 is 4.57 Å². The van der Waals surface area contributed by atoms with Crippen LogP contribution in [0.2, 0.25) is 0 Å². The normalized spacial score (nSPS) is 15.2. The number of anilines is 1. The summed E-state index contributed by atoms with van der Waals surface area (Å²) in [5, 5.41) is 2.84. The second kappa shape index (κ2) is 8.69. The van der Waals surface area contributed by atoms with E-state index in [9.17, 15) is 4.79 Å². The Hall–Kier alpha value is -3.72. The van der Waals surface area contributed by atoms with E-state index in [0.717, 1.165) is 37.2 Å². The van der Waals surface area contributed by atoms with E-state index in [0.29, 0.717) is 9.49 Å². The predicted molar refractivity (Wildman–Crippen MR) is 155 cm³/mol. The van der Waals surface area contributed by atoms with E-state index >= 15 is 0 Å². The Labute approximate surface area is 224 Å². The van der Waals surface area contributed by atoms with Gasteiger partial charge in [0.1, 0.15) is 21.3 Å². The Bertz CT molecular complexity index is 2020. The van der Waals surface area contributed by atoms with Crippen molar-refractivity contribution >= 4 is 66.4 Å². The van der Waals surface area contributed by atoms with Crippen molar-refractivity contribution in [2.24, 2.45) is 7.05 Å². The highest BCUT2D eigenvalue weighted by Gasteiger charge is 2.25. The van der Waals surface area contributed by atoms with Gasteiger partial charge in [-0.25, -0.2) is 4.98 Å². The minimum atomic E-state index is -0.0377. The molecular formula is C29H21N4OS3+. The van der Waals surface area contributed by atoms with Crippen LogP contribution in [0.3, 0.4) is 0 Å². The van der Waals surface area contributed by atoms with Gasteiger partial charge in [0, 0.05) is 29.6 Å². The zero-order chi connectivity index (χ0) is 25.1. The lowest BCUT2D eigenvalue weighted by molar-refractivity contribution is -0.642. The third kappa shape index (κ3) is 3.63. The molecule has 0 aliphatic carbocycles. The summed E-state index contributed by atoms with van der Waals surface area (Å²) >= 11 is 4.81. The number of fused-ring (bicyclic) bond motifs is 3. The quantitative estimate of drug-likeness (QED) is 0.303. The molecule has 7 rings (SSSR count). The molecule has 4 heterocycles. The molecule has 1 aliphatic heterocycles. The first-order valence-corrected chi connectivity index (χ1v) is 14.3. The first-order chi connectivity index (χ1) is 18.1. The molecule has 0 N–H and O–H groups in total. The van der Waals surface area contributed by atoms with E-state index in [1.165, 1.54) is 21.6 Å². The third-order valence-electron chi connectivity index (χ3n) is 6.59. The lowest BCUT2D eigenvalue weighted by atomic mass is 10.1. The molecule has 8 heteroatoms. The molecule has 3 aromatic heterocycles. The monoisotopic (exact) mass is 537 g/mol. The van der Waals surface area contributed by atoms with Crippen molar-refractivity contribution in [2.45, 2.75) is 4.90 Å². The van der Waals surface area contributed by atoms with Crippen LogP contribution >= 0.6 is 34.4 Å². The van der Waals surface area contributed by atoms with Crippen LogP contribution in [0.25, 0.3) is 37.5 Å². The van der Waals surface area contributed by atoms with Gasteiger partial charge in [-0.1, -0.05) is 89.0 Å². The number of nitrogens with zero attached hydrogens (tertiary/aromatic N) is 4. The first-order valence-electron chi connectivity index (χ1n) is 11.8. The Balaban J connectivity index is 1.54. The predicted octanol–water partition coefficient (Wildman–Crippen LogP) is 4.60. The zero-order valence-corrected chi connectivity index (χ0v) is 22.5. The summed E-state index contributed by atoms with van der Waals surface area (Å²) in [5.74, 6) is 0. The molecule has 0 bridgehead atoms. The molecule has 180 valence electrons. The standard InChI is InChI=1S/C29H21N4OS3/c1-31-21-12-6-8-14-23(21)35-25(31)17-19-16-20(18-10-4-3-5-11-18)30-29-33(19)27(34)26(37-29)28-32(2)22-13-7-9-15-24(22)36-28/h3-17H,1-2H3/q+1.